The van der Waals surface area contributed by atoms with Gasteiger partial charge in [0.1, 0.15) is 0 Å². The van der Waals surface area contributed by atoms with Gasteiger partial charge in [0.15, 0.2) is 0 Å². The zero-order valence-corrected chi connectivity index (χ0v) is 26.8. The number of anilines is 2. The van der Waals surface area contributed by atoms with Gasteiger partial charge >= 0.3 is 0 Å². The molecule has 0 radical (unpaired) electrons. The van der Waals surface area contributed by atoms with Crippen molar-refractivity contribution in [2.24, 2.45) is 11.7 Å². The van der Waals surface area contributed by atoms with E-state index in [2.05, 4.69) is 123 Å². The van der Waals surface area contributed by atoms with Crippen molar-refractivity contribution in [1.82, 2.24) is 0 Å². The minimum absolute atomic E-state index is 0.822. The molecule has 0 unspecified atom stereocenters. The van der Waals surface area contributed by atoms with Crippen LogP contribution in [0.5, 0.6) is 0 Å². The molecular weight excluding hydrogens is 557 g/mol. The van der Waals surface area contributed by atoms with Crippen molar-refractivity contribution < 1.29 is 0 Å². The highest BCUT2D eigenvalue weighted by atomic mass is 32.2. The lowest BCUT2D eigenvalue weighted by Crippen LogP contribution is -2.18. The second kappa shape index (κ2) is 20.2. The summed E-state index contributed by atoms with van der Waals surface area (Å²) in [6.07, 6.45) is 12.0. The smallest absolute Gasteiger partial charge is 0.0600 e. The number of aryl methyl sites for hydroxylation is 3. The fourth-order valence-corrected chi connectivity index (χ4v) is 4.82. The molecule has 5 rings (SSSR count). The van der Waals surface area contributed by atoms with Gasteiger partial charge in [0.2, 0.25) is 0 Å². The van der Waals surface area contributed by atoms with Crippen molar-refractivity contribution in [3.8, 4) is 0 Å². The maximum absolute atomic E-state index is 5.36. The zero-order chi connectivity index (χ0) is 32.2. The molecule has 0 fully saturated rings. The van der Waals surface area contributed by atoms with Crippen LogP contribution in [0.15, 0.2) is 186 Å². The molecule has 226 valence electrons. The van der Waals surface area contributed by atoms with Crippen LogP contribution in [0.25, 0.3) is 0 Å². The van der Waals surface area contributed by atoms with Crippen LogP contribution in [0.2, 0.25) is 0 Å². The van der Waals surface area contributed by atoms with E-state index >= 15 is 0 Å². The van der Waals surface area contributed by atoms with Crippen molar-refractivity contribution in [1.29, 1.82) is 0 Å². The van der Waals surface area contributed by atoms with Gasteiger partial charge in [0, 0.05) is 33.5 Å². The quantitative estimate of drug-likeness (QED) is 0.0940. The molecular formula is C39H44N4S. The van der Waals surface area contributed by atoms with Crippen LogP contribution in [0.1, 0.15) is 16.7 Å². The molecule has 0 saturated heterocycles. The molecule has 0 atom stereocenters. The van der Waals surface area contributed by atoms with Crippen LogP contribution in [0.4, 0.5) is 11.4 Å². The molecule has 4 aromatic carbocycles. The summed E-state index contributed by atoms with van der Waals surface area (Å²) in [5, 5.41) is 2.20. The molecule has 4 aromatic rings. The fraction of sp³-hybridized carbons (Fsp3) is 0.0769. The third kappa shape index (κ3) is 12.2. The molecule has 0 spiro atoms. The molecule has 1 aliphatic rings. The summed E-state index contributed by atoms with van der Waals surface area (Å²) in [6.45, 7) is 14.5. The van der Waals surface area contributed by atoms with E-state index in [1.165, 1.54) is 21.6 Å². The zero-order valence-electron chi connectivity index (χ0n) is 25.9. The predicted molar refractivity (Wildman–Crippen MR) is 195 cm³/mol. The molecule has 0 saturated carbocycles. The highest BCUT2D eigenvalue weighted by Gasteiger charge is 2.17. The van der Waals surface area contributed by atoms with E-state index in [0.717, 1.165) is 28.2 Å². The van der Waals surface area contributed by atoms with Gasteiger partial charge in [-0.1, -0.05) is 139 Å². The van der Waals surface area contributed by atoms with Crippen LogP contribution in [-0.2, 0) is 0 Å². The van der Waals surface area contributed by atoms with Crippen LogP contribution in [0, 0.1) is 20.8 Å². The van der Waals surface area contributed by atoms with Crippen molar-refractivity contribution >= 4 is 23.1 Å². The van der Waals surface area contributed by atoms with Crippen LogP contribution in [-0.4, -0.2) is 0 Å². The number of thioether (sulfide) groups is 1. The Morgan fingerprint density at radius 2 is 1.27 bits per heavy atom. The van der Waals surface area contributed by atoms with Crippen molar-refractivity contribution in [2.45, 2.75) is 25.7 Å². The summed E-state index contributed by atoms with van der Waals surface area (Å²) >= 11 is 1.72. The highest BCUT2D eigenvalue weighted by molar-refractivity contribution is 8.02. The molecule has 4 nitrogen and oxygen atoms in total. The maximum Gasteiger partial charge on any atom is 0.0600 e. The van der Waals surface area contributed by atoms with E-state index in [-0.39, 0.29) is 0 Å². The lowest BCUT2D eigenvalue weighted by Gasteiger charge is -2.27. The maximum atomic E-state index is 5.36. The normalized spacial score (nSPS) is 15.2. The number of rotatable bonds is 4. The summed E-state index contributed by atoms with van der Waals surface area (Å²) < 4.78 is 0. The number of hydrazine groups is 1. The minimum Gasteiger partial charge on any atom is -0.399 e. The Hall–Kier alpha value is -4.81. The number of nitrogens with zero attached hydrogens (tertiary/aromatic N) is 1. The predicted octanol–water partition coefficient (Wildman–Crippen LogP) is 9.58. The van der Waals surface area contributed by atoms with Crippen LogP contribution >= 0.6 is 11.8 Å². The largest absolute Gasteiger partial charge is 0.399 e. The van der Waals surface area contributed by atoms with Gasteiger partial charge in [-0.05, 0) is 68.3 Å². The number of hydrogen-bond acceptors (Lipinski definition) is 5. The van der Waals surface area contributed by atoms with Crippen LogP contribution in [0.3, 0.4) is 0 Å². The fourth-order valence-electron chi connectivity index (χ4n) is 3.93. The second-order valence-corrected chi connectivity index (χ2v) is 10.6. The summed E-state index contributed by atoms with van der Waals surface area (Å²) in [5.41, 5.74) is 14.2. The lowest BCUT2D eigenvalue weighted by atomic mass is 10.0. The molecule has 1 heterocycles. The van der Waals surface area contributed by atoms with E-state index in [1.54, 1.807) is 11.8 Å². The highest BCUT2D eigenvalue weighted by Crippen LogP contribution is 2.34. The van der Waals surface area contributed by atoms with Crippen LogP contribution < -0.4 is 22.3 Å². The van der Waals surface area contributed by atoms with Crippen molar-refractivity contribution in [3.63, 3.8) is 0 Å². The van der Waals surface area contributed by atoms with E-state index in [1.807, 2.05) is 78.9 Å². The Kier molecular flexibility index (Phi) is 16.2. The SMILES string of the molecule is C=C/C=C1/C(=C)/C=C\C=C/N(c2ccc(C)cc2)/C1=C/Sc1ccccc1C.Cc1ccccc1.NN.Nc1ccccc1. The average Bonchev–Trinajstić information content (AvgIpc) is 3.04. The van der Waals surface area contributed by atoms with E-state index in [9.17, 15) is 0 Å². The Bertz CT molecular complexity index is 1510. The van der Waals surface area contributed by atoms with E-state index < -0.39 is 0 Å². The summed E-state index contributed by atoms with van der Waals surface area (Å²) in [4.78, 5) is 3.44. The van der Waals surface area contributed by atoms with Gasteiger partial charge in [-0.15, -0.1) is 0 Å². The molecule has 0 aromatic heterocycles. The Morgan fingerprint density at radius 3 is 1.80 bits per heavy atom. The number of allylic oxidation sites excluding steroid dienone is 6. The monoisotopic (exact) mass is 600 g/mol. The first kappa shape index (κ1) is 35.4. The number of benzene rings is 4. The van der Waals surface area contributed by atoms with Gasteiger partial charge < -0.3 is 10.6 Å². The first-order valence-electron chi connectivity index (χ1n) is 14.2. The minimum atomic E-state index is 0.822. The molecule has 5 heteroatoms. The van der Waals surface area contributed by atoms with E-state index in [4.69, 9.17) is 5.73 Å². The number of nitrogen functional groups attached to an aromatic ring is 1. The molecule has 0 amide bonds. The standard InChI is InChI=1S/C26H25NS.C7H8.C6H7N.H4N2/c1-5-10-24-21(3)11-8-9-18-27(23-16-14-20(2)15-17-23)25(24)19-28-26-13-7-6-12-22(26)4;1-7-5-3-2-4-6-7;7-6-4-2-1-3-5-6;1-2/h5-19H,1,3H2,2,4H3;2-6H,1H3;1-5H,7H2;1-2H2/b11-8-,18-9-,24-10-,25-19+;;;. The Balaban J connectivity index is 0.000000342. The Labute approximate surface area is 268 Å². The Morgan fingerprint density at radius 1 is 0.705 bits per heavy atom. The van der Waals surface area contributed by atoms with E-state index in [0.29, 0.717) is 0 Å². The van der Waals surface area contributed by atoms with Gasteiger partial charge in [0.25, 0.3) is 0 Å². The summed E-state index contributed by atoms with van der Waals surface area (Å²) in [7, 11) is 0. The van der Waals surface area contributed by atoms with Crippen molar-refractivity contribution in [3.05, 3.63) is 198 Å². The first-order valence-corrected chi connectivity index (χ1v) is 15.1. The number of para-hydroxylation sites is 1. The third-order valence-corrected chi connectivity index (χ3v) is 7.31. The number of nitrogens with two attached hydrogens (primary N) is 3. The van der Waals surface area contributed by atoms with Gasteiger partial charge in [0.05, 0.1) is 5.70 Å². The second-order valence-electron chi connectivity index (χ2n) is 9.70. The topological polar surface area (TPSA) is 81.3 Å². The average molecular weight is 601 g/mol. The van der Waals surface area contributed by atoms with Crippen molar-refractivity contribution in [2.75, 3.05) is 10.6 Å². The first-order chi connectivity index (χ1) is 21.4. The molecule has 0 bridgehead atoms. The number of hydrogen-bond donors (Lipinski definition) is 3. The van der Waals surface area contributed by atoms with Gasteiger partial charge in [-0.3, -0.25) is 11.7 Å². The lowest BCUT2D eigenvalue weighted by molar-refractivity contribution is 1.16. The summed E-state index contributed by atoms with van der Waals surface area (Å²) in [6, 6.07) is 36.7. The third-order valence-electron chi connectivity index (χ3n) is 6.25. The molecule has 1 aliphatic heterocycles. The van der Waals surface area contributed by atoms with Gasteiger partial charge in [-0.25, -0.2) is 0 Å². The molecule has 6 N–H and O–H groups in total. The molecule has 44 heavy (non-hydrogen) atoms. The molecule has 0 aliphatic carbocycles. The van der Waals surface area contributed by atoms with Gasteiger partial charge in [-0.2, -0.15) is 0 Å². The summed E-state index contributed by atoms with van der Waals surface area (Å²) in [5.74, 6) is 8.00.